The fourth-order valence-corrected chi connectivity index (χ4v) is 26.6. The van der Waals surface area contributed by atoms with Gasteiger partial charge in [-0.1, -0.05) is 0 Å². The van der Waals surface area contributed by atoms with Gasteiger partial charge in [-0.15, -0.1) is 0 Å². The minimum absolute atomic E-state index is 0.0114. The summed E-state index contributed by atoms with van der Waals surface area (Å²) in [6, 6.07) is 31.8. The van der Waals surface area contributed by atoms with Gasteiger partial charge in [-0.05, 0) is 0 Å². The molecule has 6 rings (SSSR count). The molecule has 0 radical (unpaired) electrons. The molecule has 0 spiro atoms. The van der Waals surface area contributed by atoms with E-state index >= 15 is 0 Å². The van der Waals surface area contributed by atoms with Crippen LogP contribution in [-0.4, -0.2) is 3.21 Å². The van der Waals surface area contributed by atoms with E-state index in [4.69, 9.17) is 17.0 Å². The Balaban J connectivity index is 1.84. The molecule has 0 aromatic heterocycles. The van der Waals surface area contributed by atoms with Crippen molar-refractivity contribution in [2.75, 3.05) is 0 Å². The van der Waals surface area contributed by atoms with Gasteiger partial charge in [0.05, 0.1) is 0 Å². The van der Waals surface area contributed by atoms with Gasteiger partial charge in [-0.25, -0.2) is 0 Å². The van der Waals surface area contributed by atoms with Crippen LogP contribution in [0.25, 0.3) is 11.1 Å². The van der Waals surface area contributed by atoms with E-state index in [9.17, 15) is 0 Å². The molecule has 0 amide bonds. The van der Waals surface area contributed by atoms with Crippen LogP contribution in [0.2, 0.25) is 3.63 Å². The summed E-state index contributed by atoms with van der Waals surface area (Å²) in [6.45, 7) is 18.0. The quantitative estimate of drug-likeness (QED) is 0.199. The Hall–Kier alpha value is -2.31. The van der Waals surface area contributed by atoms with Crippen molar-refractivity contribution in [1.82, 2.24) is 0 Å². The average Bonchev–Trinajstić information content (AvgIpc) is 3.62. The monoisotopic (exact) mass is 696 g/mol. The number of allylic oxidation sites excluding steroid dienone is 4. The summed E-state index contributed by atoms with van der Waals surface area (Å²) >= 11 is -5.37. The first-order valence-electron chi connectivity index (χ1n) is 15.8. The van der Waals surface area contributed by atoms with Crippen LogP contribution in [0.5, 0.6) is 0 Å². The van der Waals surface area contributed by atoms with Gasteiger partial charge in [0.1, 0.15) is 0 Å². The molecule has 0 atom stereocenters. The van der Waals surface area contributed by atoms with Gasteiger partial charge in [-0.3, -0.25) is 0 Å². The first kappa shape index (κ1) is 31.7. The molecular weight excluding hydrogens is 655 g/mol. The van der Waals surface area contributed by atoms with Crippen LogP contribution in [0, 0.1) is 13.8 Å². The van der Waals surface area contributed by atoms with Crippen LogP contribution in [-0.2, 0) is 26.7 Å². The van der Waals surface area contributed by atoms with E-state index in [-0.39, 0.29) is 18.1 Å². The number of hydrogen-bond acceptors (Lipinski definition) is 0. The predicted octanol–water partition coefficient (Wildman–Crippen LogP) is 12.1. The molecule has 226 valence electrons. The SMILES string of the molecule is Cc1ccc([C](c2ccc(C)cc2)=[Zr]([Cl])([Cl])([CH]2C=CC=C2)[CH]2c3cc(C(C)(C)C)ccc3-c3ccc(C(C)(C)C)cc32)cc1. The average molecular weight is 699 g/mol. The Labute approximate surface area is 272 Å². The normalized spacial score (nSPS) is 15.5. The number of rotatable bonds is 4. The van der Waals surface area contributed by atoms with E-state index in [0.717, 1.165) is 14.3 Å². The Morgan fingerprint density at radius 2 is 0.955 bits per heavy atom. The zero-order chi connectivity index (χ0) is 31.7. The van der Waals surface area contributed by atoms with E-state index < -0.39 is 15.9 Å². The summed E-state index contributed by atoms with van der Waals surface area (Å²) < 4.78 is 0.934. The minimum atomic E-state index is -5.37. The van der Waals surface area contributed by atoms with E-state index in [2.05, 4.69) is 165 Å². The zero-order valence-corrected chi connectivity index (χ0v) is 31.3. The molecule has 44 heavy (non-hydrogen) atoms. The zero-order valence-electron chi connectivity index (χ0n) is 27.3. The maximum absolute atomic E-state index is 8.75. The van der Waals surface area contributed by atoms with Gasteiger partial charge in [0.25, 0.3) is 0 Å². The van der Waals surface area contributed by atoms with Crippen LogP contribution in [0.1, 0.15) is 89.7 Å². The van der Waals surface area contributed by atoms with E-state index in [1.807, 2.05) is 0 Å². The Kier molecular flexibility index (Phi) is 7.84. The molecule has 0 unspecified atom stereocenters. The van der Waals surface area contributed by atoms with Crippen molar-refractivity contribution in [3.05, 3.63) is 154 Å². The van der Waals surface area contributed by atoms with Crippen LogP contribution >= 0.6 is 17.0 Å². The molecule has 0 nitrogen and oxygen atoms in total. The second-order valence-electron chi connectivity index (χ2n) is 15.1. The van der Waals surface area contributed by atoms with Crippen molar-refractivity contribution in [3.63, 3.8) is 0 Å². The van der Waals surface area contributed by atoms with Crippen molar-refractivity contribution < 1.29 is 15.9 Å². The number of benzene rings is 4. The standard InChI is InChI=1S/C21H25.C15H14.C5H5.2ClH.Zr/c1-20(2,3)16-7-9-18-14(12-16)11-15-13-17(21(4,5)6)8-10-19(15)18;1-12-3-7-14(8-4-12)11-15-9-5-13(2)6-10-15;1-2-4-5-3-1;;;/h7-13H,1-6H3;3-10H,1-2H3;1-5H;2*1H;/q;;;;;+2/p-2. The summed E-state index contributed by atoms with van der Waals surface area (Å²) in [6.07, 6.45) is 8.82. The third-order valence-electron chi connectivity index (χ3n) is 9.79. The number of halogens is 2. The second-order valence-corrected chi connectivity index (χ2v) is 35.8. The van der Waals surface area contributed by atoms with Gasteiger partial charge in [0, 0.05) is 0 Å². The molecule has 4 aromatic carbocycles. The summed E-state index contributed by atoms with van der Waals surface area (Å²) in [5.74, 6) is 0. The summed E-state index contributed by atoms with van der Waals surface area (Å²) in [4.78, 5) is 0. The van der Waals surface area contributed by atoms with Crippen molar-refractivity contribution in [2.45, 2.75) is 73.5 Å². The second kappa shape index (κ2) is 10.9. The number of aryl methyl sites for hydroxylation is 2. The molecule has 0 heterocycles. The summed E-state index contributed by atoms with van der Waals surface area (Å²) in [7, 11) is 17.5. The summed E-state index contributed by atoms with van der Waals surface area (Å²) in [5.41, 5.74) is 12.4. The van der Waals surface area contributed by atoms with Crippen LogP contribution in [0.3, 0.4) is 0 Å². The predicted molar refractivity (Wildman–Crippen MR) is 190 cm³/mol. The topological polar surface area (TPSA) is 0 Å². The van der Waals surface area contributed by atoms with E-state index in [1.54, 1.807) is 0 Å². The van der Waals surface area contributed by atoms with Gasteiger partial charge >= 0.3 is 274 Å². The molecule has 0 bridgehead atoms. The Morgan fingerprint density at radius 3 is 1.32 bits per heavy atom. The van der Waals surface area contributed by atoms with Crippen molar-refractivity contribution >= 4 is 20.2 Å². The fourth-order valence-electron chi connectivity index (χ4n) is 7.21. The third kappa shape index (κ3) is 5.22. The molecule has 2 aliphatic rings. The number of hydrogen-bond donors (Lipinski definition) is 0. The van der Waals surface area contributed by atoms with Crippen LogP contribution < -0.4 is 0 Å². The van der Waals surface area contributed by atoms with Gasteiger partial charge < -0.3 is 0 Å². The first-order valence-corrected chi connectivity index (χ1v) is 26.2. The Morgan fingerprint density at radius 1 is 0.568 bits per heavy atom. The molecular formula is C41H44Cl2Zr. The van der Waals surface area contributed by atoms with Crippen molar-refractivity contribution in [2.24, 2.45) is 0 Å². The molecule has 0 aliphatic heterocycles. The molecule has 0 saturated heterocycles. The maximum atomic E-state index is 8.75. The molecule has 4 aromatic rings. The van der Waals surface area contributed by atoms with Crippen LogP contribution in [0.4, 0.5) is 0 Å². The fraction of sp³-hybridized carbons (Fsp3) is 0.293. The van der Waals surface area contributed by atoms with Gasteiger partial charge in [0.2, 0.25) is 0 Å². The number of fused-ring (bicyclic) bond motifs is 3. The van der Waals surface area contributed by atoms with E-state index in [1.165, 1.54) is 44.5 Å². The molecule has 3 heteroatoms. The summed E-state index contributed by atoms with van der Waals surface area (Å²) in [5, 5.41) is 0. The first-order chi connectivity index (χ1) is 20.6. The van der Waals surface area contributed by atoms with Crippen LogP contribution in [0.15, 0.2) is 109 Å². The van der Waals surface area contributed by atoms with Gasteiger partial charge in [0.15, 0.2) is 0 Å². The third-order valence-corrected chi connectivity index (χ3v) is 29.4. The van der Waals surface area contributed by atoms with Gasteiger partial charge in [-0.2, -0.15) is 0 Å². The molecule has 0 fully saturated rings. The molecule has 0 N–H and O–H groups in total. The molecule has 2 aliphatic carbocycles. The Bertz CT molecular complexity index is 1760. The van der Waals surface area contributed by atoms with Crippen molar-refractivity contribution in [3.8, 4) is 11.1 Å². The van der Waals surface area contributed by atoms with E-state index in [0.29, 0.717) is 0 Å². The van der Waals surface area contributed by atoms with Crippen molar-refractivity contribution in [1.29, 1.82) is 0 Å². The molecule has 0 saturated carbocycles.